The van der Waals surface area contributed by atoms with E-state index in [1.165, 1.54) is 0 Å². The molecule has 162 valence electrons. The number of guanidine groups is 1. The summed E-state index contributed by atoms with van der Waals surface area (Å²) in [5.41, 5.74) is 3.17. The third-order valence-electron chi connectivity index (χ3n) is 4.33. The standard InChI is InChI=1S/C21H32N4O3.HI/c1-6-17-16(18(7-2)28-25-17)14-24-21(22-8-3)23-13-15-10-11-19(27-9-4)20(12-15)26-5;/h10-12H,6-9,13-14H2,1-5H3,(H2,22,23,24);1H. The number of nitrogens with zero attached hydrogens (tertiary/aromatic N) is 2. The molecule has 0 radical (unpaired) electrons. The van der Waals surface area contributed by atoms with Crippen molar-refractivity contribution in [2.75, 3.05) is 20.3 Å². The van der Waals surface area contributed by atoms with Crippen LogP contribution < -0.4 is 20.1 Å². The van der Waals surface area contributed by atoms with Crippen LogP contribution in [0.3, 0.4) is 0 Å². The Hall–Kier alpha value is -1.97. The third kappa shape index (κ3) is 7.09. The molecule has 0 atom stereocenters. The van der Waals surface area contributed by atoms with E-state index in [4.69, 9.17) is 19.0 Å². The van der Waals surface area contributed by atoms with Crippen molar-refractivity contribution in [3.63, 3.8) is 0 Å². The lowest BCUT2D eigenvalue weighted by Crippen LogP contribution is -2.37. The van der Waals surface area contributed by atoms with Gasteiger partial charge in [0.05, 0.1) is 26.0 Å². The quantitative estimate of drug-likeness (QED) is 0.282. The van der Waals surface area contributed by atoms with Crippen LogP contribution in [0.1, 0.15) is 50.3 Å². The minimum Gasteiger partial charge on any atom is -0.493 e. The Morgan fingerprint density at radius 2 is 1.90 bits per heavy atom. The van der Waals surface area contributed by atoms with Gasteiger partial charge < -0.3 is 24.6 Å². The maximum Gasteiger partial charge on any atom is 0.191 e. The summed E-state index contributed by atoms with van der Waals surface area (Å²) in [5.74, 6) is 3.14. The predicted molar refractivity (Wildman–Crippen MR) is 126 cm³/mol. The van der Waals surface area contributed by atoms with Gasteiger partial charge >= 0.3 is 0 Å². The number of aryl methyl sites for hydroxylation is 2. The van der Waals surface area contributed by atoms with E-state index in [1.54, 1.807) is 7.11 Å². The van der Waals surface area contributed by atoms with Crippen molar-refractivity contribution < 1.29 is 14.0 Å². The third-order valence-corrected chi connectivity index (χ3v) is 4.33. The molecule has 0 aliphatic carbocycles. The van der Waals surface area contributed by atoms with E-state index in [1.807, 2.05) is 32.0 Å². The van der Waals surface area contributed by atoms with E-state index in [-0.39, 0.29) is 24.0 Å². The molecule has 0 fully saturated rings. The maximum absolute atomic E-state index is 5.57. The van der Waals surface area contributed by atoms with Gasteiger partial charge in [-0.25, -0.2) is 4.99 Å². The average molecular weight is 516 g/mol. The predicted octanol–water partition coefficient (Wildman–Crippen LogP) is 4.08. The number of benzene rings is 1. The number of rotatable bonds is 10. The summed E-state index contributed by atoms with van der Waals surface area (Å²) in [6, 6.07) is 5.89. The molecule has 0 unspecified atom stereocenters. The summed E-state index contributed by atoms with van der Waals surface area (Å²) in [7, 11) is 1.64. The van der Waals surface area contributed by atoms with Crippen LogP contribution in [0.5, 0.6) is 11.5 Å². The Labute approximate surface area is 190 Å². The molecule has 0 saturated heterocycles. The van der Waals surface area contributed by atoms with Crippen LogP contribution in [-0.4, -0.2) is 31.4 Å². The molecule has 0 amide bonds. The number of ether oxygens (including phenoxy) is 2. The molecule has 29 heavy (non-hydrogen) atoms. The van der Waals surface area contributed by atoms with Crippen LogP contribution >= 0.6 is 24.0 Å². The molecule has 2 rings (SSSR count). The Kier molecular flexibility index (Phi) is 11.5. The topological polar surface area (TPSA) is 80.9 Å². The summed E-state index contributed by atoms with van der Waals surface area (Å²) in [6.07, 6.45) is 1.67. The Morgan fingerprint density at radius 3 is 2.52 bits per heavy atom. The van der Waals surface area contributed by atoms with Crippen molar-refractivity contribution in [3.8, 4) is 11.5 Å². The van der Waals surface area contributed by atoms with E-state index >= 15 is 0 Å². The highest BCUT2D eigenvalue weighted by Gasteiger charge is 2.13. The summed E-state index contributed by atoms with van der Waals surface area (Å²) in [6.45, 7) is 10.7. The first-order chi connectivity index (χ1) is 13.7. The lowest BCUT2D eigenvalue weighted by atomic mass is 10.1. The second kappa shape index (κ2) is 13.3. The second-order valence-corrected chi connectivity index (χ2v) is 6.21. The normalized spacial score (nSPS) is 11.0. The van der Waals surface area contributed by atoms with Gasteiger partial charge in [0.15, 0.2) is 17.5 Å². The van der Waals surface area contributed by atoms with Gasteiger partial charge in [-0.3, -0.25) is 0 Å². The van der Waals surface area contributed by atoms with Crippen LogP contribution in [0.25, 0.3) is 0 Å². The van der Waals surface area contributed by atoms with Gasteiger partial charge in [-0.05, 0) is 38.0 Å². The van der Waals surface area contributed by atoms with Crippen LogP contribution in [0.4, 0.5) is 0 Å². The molecule has 2 aromatic rings. The van der Waals surface area contributed by atoms with Gasteiger partial charge in [0.1, 0.15) is 5.76 Å². The minimum absolute atomic E-state index is 0. The summed E-state index contributed by atoms with van der Waals surface area (Å²) in [5, 5.41) is 10.8. The molecule has 1 heterocycles. The van der Waals surface area contributed by atoms with Gasteiger partial charge in [0, 0.05) is 25.1 Å². The fourth-order valence-corrected chi connectivity index (χ4v) is 2.91. The van der Waals surface area contributed by atoms with Crippen molar-refractivity contribution in [1.29, 1.82) is 0 Å². The lowest BCUT2D eigenvalue weighted by Gasteiger charge is -2.13. The fraction of sp³-hybridized carbons (Fsp3) is 0.524. The average Bonchev–Trinajstić information content (AvgIpc) is 3.13. The fourth-order valence-electron chi connectivity index (χ4n) is 2.91. The highest BCUT2D eigenvalue weighted by atomic mass is 127. The van der Waals surface area contributed by atoms with Crippen molar-refractivity contribution >= 4 is 29.9 Å². The molecule has 0 aliphatic rings. The van der Waals surface area contributed by atoms with Crippen molar-refractivity contribution in [2.45, 2.75) is 53.6 Å². The molecule has 0 saturated carbocycles. The number of nitrogens with one attached hydrogen (secondary N) is 2. The maximum atomic E-state index is 5.57. The molecule has 0 aliphatic heterocycles. The number of hydrogen-bond acceptors (Lipinski definition) is 5. The largest absolute Gasteiger partial charge is 0.493 e. The van der Waals surface area contributed by atoms with Crippen molar-refractivity contribution in [3.05, 3.63) is 40.8 Å². The summed E-state index contributed by atoms with van der Waals surface area (Å²) in [4.78, 5) is 4.69. The first kappa shape index (κ1) is 25.1. The van der Waals surface area contributed by atoms with Crippen LogP contribution in [0.15, 0.2) is 27.7 Å². The number of methoxy groups -OCH3 is 1. The molecule has 7 nitrogen and oxygen atoms in total. The van der Waals surface area contributed by atoms with Crippen LogP contribution in [-0.2, 0) is 25.9 Å². The lowest BCUT2D eigenvalue weighted by molar-refractivity contribution is 0.310. The van der Waals surface area contributed by atoms with Crippen LogP contribution in [0.2, 0.25) is 0 Å². The van der Waals surface area contributed by atoms with E-state index in [2.05, 4.69) is 29.6 Å². The zero-order chi connectivity index (χ0) is 20.4. The molecule has 1 aromatic heterocycles. The number of aliphatic imine (C=N–C) groups is 1. The highest BCUT2D eigenvalue weighted by molar-refractivity contribution is 14.0. The zero-order valence-corrected chi connectivity index (χ0v) is 20.3. The molecule has 0 bridgehead atoms. The SMILES string of the molecule is CCNC(=NCc1ccc(OCC)c(OC)c1)NCc1c(CC)noc1CC.I. The van der Waals surface area contributed by atoms with Crippen LogP contribution in [0, 0.1) is 0 Å². The number of aromatic nitrogens is 1. The van der Waals surface area contributed by atoms with Gasteiger partial charge in [-0.1, -0.05) is 25.1 Å². The highest BCUT2D eigenvalue weighted by Crippen LogP contribution is 2.28. The monoisotopic (exact) mass is 516 g/mol. The first-order valence-corrected chi connectivity index (χ1v) is 9.94. The minimum atomic E-state index is 0. The van der Waals surface area contributed by atoms with Gasteiger partial charge in [-0.2, -0.15) is 0 Å². The smallest absolute Gasteiger partial charge is 0.191 e. The Bertz CT molecular complexity index is 756. The van der Waals surface area contributed by atoms with E-state index < -0.39 is 0 Å². The van der Waals surface area contributed by atoms with E-state index in [0.717, 1.165) is 59.4 Å². The molecule has 1 aromatic carbocycles. The number of halogens is 1. The second-order valence-electron chi connectivity index (χ2n) is 6.21. The Balaban J connectivity index is 0.00000420. The van der Waals surface area contributed by atoms with Crippen molar-refractivity contribution in [2.24, 2.45) is 4.99 Å². The number of hydrogen-bond donors (Lipinski definition) is 2. The zero-order valence-electron chi connectivity index (χ0n) is 18.0. The molecular weight excluding hydrogens is 483 g/mol. The molecule has 0 spiro atoms. The van der Waals surface area contributed by atoms with E-state index in [0.29, 0.717) is 19.7 Å². The molecule has 2 N–H and O–H groups in total. The van der Waals surface area contributed by atoms with Gasteiger partial charge in [-0.15, -0.1) is 24.0 Å². The summed E-state index contributed by atoms with van der Waals surface area (Å²) >= 11 is 0. The Morgan fingerprint density at radius 1 is 1.10 bits per heavy atom. The van der Waals surface area contributed by atoms with Crippen molar-refractivity contribution in [1.82, 2.24) is 15.8 Å². The molecular formula is C21H33IN4O3. The van der Waals surface area contributed by atoms with E-state index in [9.17, 15) is 0 Å². The molecule has 8 heteroatoms. The van der Waals surface area contributed by atoms with Gasteiger partial charge in [0.25, 0.3) is 0 Å². The van der Waals surface area contributed by atoms with Gasteiger partial charge in [0.2, 0.25) is 0 Å². The first-order valence-electron chi connectivity index (χ1n) is 9.94. The summed E-state index contributed by atoms with van der Waals surface area (Å²) < 4.78 is 16.4.